The van der Waals surface area contributed by atoms with E-state index in [-0.39, 0.29) is 11.9 Å². The largest absolute Gasteiger partial charge is 0.342 e. The molecule has 6 nitrogen and oxygen atoms in total. The van der Waals surface area contributed by atoms with E-state index in [9.17, 15) is 13.2 Å². The van der Waals surface area contributed by atoms with Crippen LogP contribution in [0.25, 0.3) is 0 Å². The van der Waals surface area contributed by atoms with Crippen LogP contribution in [0.3, 0.4) is 0 Å². The Balaban J connectivity index is 1.80. The number of hydrogen-bond donors (Lipinski definition) is 2. The van der Waals surface area contributed by atoms with Crippen molar-refractivity contribution in [1.82, 2.24) is 9.62 Å². The van der Waals surface area contributed by atoms with Crippen LogP contribution in [0.15, 0.2) is 0 Å². The molecule has 0 spiro atoms. The molecule has 0 atom stereocenters. The molecule has 2 rings (SSSR count). The van der Waals surface area contributed by atoms with Crippen molar-refractivity contribution in [2.24, 2.45) is 17.6 Å². The Morgan fingerprint density at radius 1 is 1.14 bits per heavy atom. The van der Waals surface area contributed by atoms with Gasteiger partial charge in [0, 0.05) is 19.1 Å². The van der Waals surface area contributed by atoms with Crippen molar-refractivity contribution < 1.29 is 13.2 Å². The Morgan fingerprint density at radius 3 is 2.27 bits per heavy atom. The monoisotopic (exact) mass is 331 g/mol. The summed E-state index contributed by atoms with van der Waals surface area (Å²) in [5.74, 6) is 0.424. The van der Waals surface area contributed by atoms with Gasteiger partial charge in [-0.05, 0) is 56.9 Å². The summed E-state index contributed by atoms with van der Waals surface area (Å²) in [6, 6.07) is -0.00280. The summed E-state index contributed by atoms with van der Waals surface area (Å²) in [6.45, 7) is 4.08. The molecule has 22 heavy (non-hydrogen) atoms. The summed E-state index contributed by atoms with van der Waals surface area (Å²) in [7, 11) is -3.53. The van der Waals surface area contributed by atoms with Gasteiger partial charge >= 0.3 is 0 Å². The number of amides is 1. The Morgan fingerprint density at radius 2 is 1.73 bits per heavy atom. The first-order valence-electron chi connectivity index (χ1n) is 8.37. The predicted molar refractivity (Wildman–Crippen MR) is 86.7 cm³/mol. The topological polar surface area (TPSA) is 92.5 Å². The molecule has 0 radical (unpaired) electrons. The number of nitrogens with zero attached hydrogens (tertiary/aromatic N) is 1. The molecule has 1 saturated carbocycles. The number of nitrogens with one attached hydrogen (secondary N) is 1. The SMILES string of the molecule is CC1CCC(NS(=O)(=O)CC(=O)N2CCC(CN)CC2)CC1. The van der Waals surface area contributed by atoms with Crippen LogP contribution in [0.5, 0.6) is 0 Å². The number of carbonyl (C=O) groups is 1. The maximum absolute atomic E-state index is 12.2. The number of carbonyl (C=O) groups excluding carboxylic acids is 1. The van der Waals surface area contributed by atoms with E-state index in [0.717, 1.165) is 38.5 Å². The summed E-state index contributed by atoms with van der Waals surface area (Å²) < 4.78 is 27.1. The summed E-state index contributed by atoms with van der Waals surface area (Å²) in [5.41, 5.74) is 5.63. The van der Waals surface area contributed by atoms with E-state index in [1.807, 2.05) is 0 Å². The van der Waals surface area contributed by atoms with Crippen LogP contribution in [0.2, 0.25) is 0 Å². The molecule has 0 aromatic carbocycles. The van der Waals surface area contributed by atoms with Crippen LogP contribution < -0.4 is 10.5 Å². The zero-order valence-electron chi connectivity index (χ0n) is 13.5. The molecule has 1 aliphatic heterocycles. The lowest BCUT2D eigenvalue weighted by Gasteiger charge is -2.32. The summed E-state index contributed by atoms with van der Waals surface area (Å²) in [6.07, 6.45) is 5.58. The molecule has 1 amide bonds. The Kier molecular flexibility index (Phi) is 6.23. The Hall–Kier alpha value is -0.660. The highest BCUT2D eigenvalue weighted by molar-refractivity contribution is 7.90. The van der Waals surface area contributed by atoms with Crippen molar-refractivity contribution in [3.63, 3.8) is 0 Å². The van der Waals surface area contributed by atoms with Gasteiger partial charge in [0.05, 0.1) is 0 Å². The number of rotatable bonds is 5. The van der Waals surface area contributed by atoms with E-state index in [0.29, 0.717) is 31.5 Å². The number of hydrogen-bond acceptors (Lipinski definition) is 4. The molecular weight excluding hydrogens is 302 g/mol. The quantitative estimate of drug-likeness (QED) is 0.775. The molecule has 1 aliphatic carbocycles. The average Bonchev–Trinajstić information content (AvgIpc) is 2.49. The van der Waals surface area contributed by atoms with Crippen molar-refractivity contribution in [2.75, 3.05) is 25.4 Å². The van der Waals surface area contributed by atoms with Crippen molar-refractivity contribution in [1.29, 1.82) is 0 Å². The van der Waals surface area contributed by atoms with Crippen LogP contribution in [0, 0.1) is 11.8 Å². The second-order valence-corrected chi connectivity index (χ2v) is 8.65. The standard InChI is InChI=1S/C15H29N3O3S/c1-12-2-4-14(5-3-12)17-22(20,21)11-15(19)18-8-6-13(10-16)7-9-18/h12-14,17H,2-11,16H2,1H3. The van der Waals surface area contributed by atoms with Gasteiger partial charge in [-0.2, -0.15) is 0 Å². The van der Waals surface area contributed by atoms with Gasteiger partial charge in [0.2, 0.25) is 15.9 Å². The molecule has 7 heteroatoms. The normalized spacial score (nSPS) is 27.8. The Labute approximate surface area is 133 Å². The smallest absolute Gasteiger partial charge is 0.239 e. The summed E-state index contributed by atoms with van der Waals surface area (Å²) in [5, 5.41) is 0. The fourth-order valence-electron chi connectivity index (χ4n) is 3.35. The minimum Gasteiger partial charge on any atom is -0.342 e. The van der Waals surface area contributed by atoms with E-state index in [1.165, 1.54) is 0 Å². The molecule has 128 valence electrons. The molecule has 1 saturated heterocycles. The lowest BCUT2D eigenvalue weighted by molar-refractivity contribution is -0.129. The number of piperidine rings is 1. The second-order valence-electron chi connectivity index (χ2n) is 6.89. The van der Waals surface area contributed by atoms with Gasteiger partial charge in [-0.15, -0.1) is 0 Å². The summed E-state index contributed by atoms with van der Waals surface area (Å²) in [4.78, 5) is 13.8. The van der Waals surface area contributed by atoms with E-state index >= 15 is 0 Å². The van der Waals surface area contributed by atoms with Crippen LogP contribution in [0.4, 0.5) is 0 Å². The molecule has 0 unspecified atom stereocenters. The lowest BCUT2D eigenvalue weighted by atomic mass is 9.88. The third-order valence-electron chi connectivity index (χ3n) is 4.98. The lowest BCUT2D eigenvalue weighted by Crippen LogP contribution is -2.46. The number of sulfonamides is 1. The van der Waals surface area contributed by atoms with Crippen LogP contribution in [0.1, 0.15) is 45.4 Å². The molecule has 0 aromatic heterocycles. The maximum Gasteiger partial charge on any atom is 0.239 e. The van der Waals surface area contributed by atoms with Crippen LogP contribution in [-0.4, -0.2) is 50.7 Å². The van der Waals surface area contributed by atoms with Crippen molar-refractivity contribution in [3.8, 4) is 0 Å². The third-order valence-corrected chi connectivity index (χ3v) is 6.30. The molecule has 2 aliphatic rings. The highest BCUT2D eigenvalue weighted by Crippen LogP contribution is 2.24. The zero-order chi connectivity index (χ0) is 16.2. The first-order valence-corrected chi connectivity index (χ1v) is 10.0. The molecule has 0 aromatic rings. The van der Waals surface area contributed by atoms with Gasteiger partial charge in [0.1, 0.15) is 5.75 Å². The fourth-order valence-corrected chi connectivity index (χ4v) is 4.68. The van der Waals surface area contributed by atoms with Gasteiger partial charge in [0.15, 0.2) is 0 Å². The van der Waals surface area contributed by atoms with Gasteiger partial charge in [-0.3, -0.25) is 4.79 Å². The van der Waals surface area contributed by atoms with Gasteiger partial charge in [0.25, 0.3) is 0 Å². The van der Waals surface area contributed by atoms with Gasteiger partial charge in [-0.25, -0.2) is 13.1 Å². The van der Waals surface area contributed by atoms with Crippen molar-refractivity contribution in [3.05, 3.63) is 0 Å². The van der Waals surface area contributed by atoms with Gasteiger partial charge < -0.3 is 10.6 Å². The van der Waals surface area contributed by atoms with Crippen LogP contribution >= 0.6 is 0 Å². The minimum absolute atomic E-state index is 0.00280. The zero-order valence-corrected chi connectivity index (χ0v) is 14.3. The molecule has 2 fully saturated rings. The first kappa shape index (κ1) is 17.7. The van der Waals surface area contributed by atoms with Crippen LogP contribution in [-0.2, 0) is 14.8 Å². The van der Waals surface area contributed by atoms with Crippen molar-refractivity contribution in [2.45, 2.75) is 51.5 Å². The molecule has 0 bridgehead atoms. The molecule has 1 heterocycles. The molecular formula is C15H29N3O3S. The van der Waals surface area contributed by atoms with E-state index in [2.05, 4.69) is 11.6 Å². The summed E-state index contributed by atoms with van der Waals surface area (Å²) >= 11 is 0. The van der Waals surface area contributed by atoms with Crippen molar-refractivity contribution >= 4 is 15.9 Å². The van der Waals surface area contributed by atoms with E-state index < -0.39 is 15.8 Å². The van der Waals surface area contributed by atoms with E-state index in [4.69, 9.17) is 5.73 Å². The third kappa shape index (κ3) is 5.21. The minimum atomic E-state index is -3.53. The number of nitrogens with two attached hydrogens (primary N) is 1. The Bertz CT molecular complexity index is 464. The predicted octanol–water partition coefficient (Wildman–Crippen LogP) is 0.682. The maximum atomic E-state index is 12.2. The molecule has 3 N–H and O–H groups in total. The second kappa shape index (κ2) is 7.75. The average molecular weight is 331 g/mol. The first-order chi connectivity index (χ1) is 10.4. The number of likely N-dealkylation sites (tertiary alicyclic amines) is 1. The van der Waals surface area contributed by atoms with Gasteiger partial charge in [-0.1, -0.05) is 6.92 Å². The fraction of sp³-hybridized carbons (Fsp3) is 0.933. The highest BCUT2D eigenvalue weighted by Gasteiger charge is 2.28. The highest BCUT2D eigenvalue weighted by atomic mass is 32.2. The van der Waals surface area contributed by atoms with E-state index in [1.54, 1.807) is 4.90 Å².